The Morgan fingerprint density at radius 1 is 1.17 bits per heavy atom. The molecular formula is C22H23N3O4S. The second-order valence-electron chi connectivity index (χ2n) is 7.11. The van der Waals surface area contributed by atoms with Crippen LogP contribution < -0.4 is 10.3 Å². The van der Waals surface area contributed by atoms with Gasteiger partial charge >= 0.3 is 5.97 Å². The summed E-state index contributed by atoms with van der Waals surface area (Å²) in [4.78, 5) is 31.8. The number of pyridine rings is 2. The Kier molecular flexibility index (Phi) is 6.25. The summed E-state index contributed by atoms with van der Waals surface area (Å²) in [5.41, 5.74) is 3.01. The number of thiophene rings is 1. The van der Waals surface area contributed by atoms with Crippen molar-refractivity contribution >= 4 is 17.3 Å². The van der Waals surface area contributed by atoms with E-state index in [0.29, 0.717) is 37.4 Å². The lowest BCUT2D eigenvalue weighted by molar-refractivity contribution is 0.0592. The van der Waals surface area contributed by atoms with Crippen molar-refractivity contribution in [3.05, 3.63) is 80.2 Å². The minimum Gasteiger partial charge on any atom is -0.488 e. The molecule has 1 aliphatic heterocycles. The number of esters is 1. The van der Waals surface area contributed by atoms with Crippen LogP contribution in [0.4, 0.5) is 0 Å². The Labute approximate surface area is 178 Å². The van der Waals surface area contributed by atoms with Crippen molar-refractivity contribution in [1.29, 1.82) is 0 Å². The first-order chi connectivity index (χ1) is 14.7. The van der Waals surface area contributed by atoms with Crippen molar-refractivity contribution < 1.29 is 14.3 Å². The SMILES string of the molecule is COC(=O)c1c(OCc2ccsc2)cc(=O)n2c1CCN(Cc1ccncc1)CC2. The predicted octanol–water partition coefficient (Wildman–Crippen LogP) is 2.73. The number of fused-ring (bicyclic) bond motifs is 1. The van der Waals surface area contributed by atoms with E-state index in [1.54, 1.807) is 28.3 Å². The van der Waals surface area contributed by atoms with Crippen molar-refractivity contribution in [3.8, 4) is 5.75 Å². The summed E-state index contributed by atoms with van der Waals surface area (Å²) in [7, 11) is 1.35. The molecule has 0 saturated carbocycles. The highest BCUT2D eigenvalue weighted by Crippen LogP contribution is 2.25. The molecule has 0 saturated heterocycles. The van der Waals surface area contributed by atoms with Gasteiger partial charge < -0.3 is 14.0 Å². The van der Waals surface area contributed by atoms with Gasteiger partial charge in [0.15, 0.2) is 0 Å². The van der Waals surface area contributed by atoms with Gasteiger partial charge in [0.2, 0.25) is 0 Å². The monoisotopic (exact) mass is 425 g/mol. The van der Waals surface area contributed by atoms with Crippen LogP contribution in [0, 0.1) is 0 Å². The number of hydrogen-bond acceptors (Lipinski definition) is 7. The Morgan fingerprint density at radius 3 is 2.73 bits per heavy atom. The smallest absolute Gasteiger partial charge is 0.343 e. The van der Waals surface area contributed by atoms with Crippen molar-refractivity contribution in [2.45, 2.75) is 26.1 Å². The maximum atomic E-state index is 12.8. The summed E-state index contributed by atoms with van der Waals surface area (Å²) in [5.74, 6) is -0.200. The highest BCUT2D eigenvalue weighted by atomic mass is 32.1. The van der Waals surface area contributed by atoms with Crippen LogP contribution in [0.1, 0.15) is 27.2 Å². The van der Waals surface area contributed by atoms with Gasteiger partial charge in [0.25, 0.3) is 5.56 Å². The van der Waals surface area contributed by atoms with Gasteiger partial charge in [-0.25, -0.2) is 4.79 Å². The molecule has 4 heterocycles. The maximum Gasteiger partial charge on any atom is 0.343 e. The van der Waals surface area contributed by atoms with Crippen LogP contribution in [-0.2, 0) is 30.9 Å². The Balaban J connectivity index is 1.62. The summed E-state index contributed by atoms with van der Waals surface area (Å²) in [6.07, 6.45) is 4.11. The average molecular weight is 426 g/mol. The molecule has 1 aliphatic rings. The third kappa shape index (κ3) is 4.44. The van der Waals surface area contributed by atoms with E-state index >= 15 is 0 Å². The van der Waals surface area contributed by atoms with Crippen molar-refractivity contribution in [1.82, 2.24) is 14.5 Å². The van der Waals surface area contributed by atoms with Crippen LogP contribution >= 0.6 is 11.3 Å². The minimum atomic E-state index is -0.485. The number of hydrogen-bond donors (Lipinski definition) is 0. The molecule has 4 rings (SSSR count). The zero-order valence-electron chi connectivity index (χ0n) is 16.7. The first-order valence-corrected chi connectivity index (χ1v) is 10.7. The molecule has 30 heavy (non-hydrogen) atoms. The predicted molar refractivity (Wildman–Crippen MR) is 114 cm³/mol. The first kappa shape index (κ1) is 20.3. The molecule has 3 aromatic rings. The van der Waals surface area contributed by atoms with Gasteiger partial charge in [0.05, 0.1) is 7.11 Å². The first-order valence-electron chi connectivity index (χ1n) is 9.76. The molecule has 156 valence electrons. The van der Waals surface area contributed by atoms with Crippen LogP contribution in [0.15, 0.2) is 52.2 Å². The number of carbonyl (C=O) groups excluding carboxylic acids is 1. The Bertz CT molecular complexity index is 1060. The van der Waals surface area contributed by atoms with Crippen molar-refractivity contribution in [2.24, 2.45) is 0 Å². The standard InChI is InChI=1S/C22H23N3O4S/c1-28-22(27)21-18-4-8-24(13-16-2-6-23-7-3-16)9-10-25(18)20(26)12-19(21)29-14-17-5-11-30-15-17/h2-3,5-7,11-12,15H,4,8-10,13-14H2,1H3. The van der Waals surface area contributed by atoms with E-state index in [4.69, 9.17) is 9.47 Å². The molecule has 0 bridgehead atoms. The maximum absolute atomic E-state index is 12.8. The number of aromatic nitrogens is 2. The molecular weight excluding hydrogens is 402 g/mol. The van der Waals surface area contributed by atoms with E-state index in [0.717, 1.165) is 24.2 Å². The van der Waals surface area contributed by atoms with E-state index in [1.165, 1.54) is 13.2 Å². The summed E-state index contributed by atoms with van der Waals surface area (Å²) in [6, 6.07) is 7.33. The molecule has 7 nitrogen and oxygen atoms in total. The quantitative estimate of drug-likeness (QED) is 0.566. The number of carbonyl (C=O) groups is 1. The molecule has 0 spiro atoms. The zero-order chi connectivity index (χ0) is 20.9. The van der Waals surface area contributed by atoms with Gasteiger partial charge in [-0.05, 0) is 40.1 Å². The lowest BCUT2D eigenvalue weighted by Crippen LogP contribution is -2.29. The van der Waals surface area contributed by atoms with E-state index in [2.05, 4.69) is 9.88 Å². The summed E-state index contributed by atoms with van der Waals surface area (Å²) < 4.78 is 12.6. The number of ether oxygens (including phenoxy) is 2. The van der Waals surface area contributed by atoms with E-state index in [9.17, 15) is 9.59 Å². The number of methoxy groups -OCH3 is 1. The summed E-state index contributed by atoms with van der Waals surface area (Å²) in [5, 5.41) is 3.94. The lowest BCUT2D eigenvalue weighted by Gasteiger charge is -2.19. The normalized spacial score (nSPS) is 14.0. The fourth-order valence-corrected chi connectivity index (χ4v) is 4.32. The number of nitrogens with zero attached hydrogens (tertiary/aromatic N) is 3. The highest BCUT2D eigenvalue weighted by Gasteiger charge is 2.26. The largest absolute Gasteiger partial charge is 0.488 e. The molecule has 8 heteroatoms. The molecule has 3 aromatic heterocycles. The molecule has 0 fully saturated rings. The van der Waals surface area contributed by atoms with Crippen LogP contribution in [0.2, 0.25) is 0 Å². The fourth-order valence-electron chi connectivity index (χ4n) is 3.67. The van der Waals surface area contributed by atoms with Crippen LogP contribution in [0.3, 0.4) is 0 Å². The van der Waals surface area contributed by atoms with Gasteiger partial charge in [-0.2, -0.15) is 11.3 Å². The van der Waals surface area contributed by atoms with Crippen molar-refractivity contribution in [3.63, 3.8) is 0 Å². The topological polar surface area (TPSA) is 73.7 Å². The number of rotatable bonds is 6. The molecule has 0 N–H and O–H groups in total. The van der Waals surface area contributed by atoms with Gasteiger partial charge in [-0.15, -0.1) is 0 Å². The van der Waals surface area contributed by atoms with E-state index in [-0.39, 0.29) is 11.3 Å². The van der Waals surface area contributed by atoms with Gasteiger partial charge in [0, 0.05) is 56.8 Å². The van der Waals surface area contributed by atoms with Crippen LogP contribution in [0.5, 0.6) is 5.75 Å². The van der Waals surface area contributed by atoms with Crippen molar-refractivity contribution in [2.75, 3.05) is 20.2 Å². The van der Waals surface area contributed by atoms with Crippen LogP contribution in [-0.4, -0.2) is 40.6 Å². The highest BCUT2D eigenvalue weighted by molar-refractivity contribution is 7.07. The molecule has 0 unspecified atom stereocenters. The lowest BCUT2D eigenvalue weighted by atomic mass is 10.1. The fraction of sp³-hybridized carbons (Fsp3) is 0.318. The van der Waals surface area contributed by atoms with E-state index < -0.39 is 5.97 Å². The molecule has 0 aliphatic carbocycles. The van der Waals surface area contributed by atoms with E-state index in [1.807, 2.05) is 29.0 Å². The van der Waals surface area contributed by atoms with Gasteiger partial charge in [0.1, 0.15) is 17.9 Å². The summed E-state index contributed by atoms with van der Waals surface area (Å²) >= 11 is 1.57. The van der Waals surface area contributed by atoms with Gasteiger partial charge in [-0.1, -0.05) is 0 Å². The second-order valence-corrected chi connectivity index (χ2v) is 7.89. The Morgan fingerprint density at radius 2 is 2.00 bits per heavy atom. The second kappa shape index (κ2) is 9.23. The molecule has 0 amide bonds. The van der Waals surface area contributed by atoms with Crippen LogP contribution in [0.25, 0.3) is 0 Å². The zero-order valence-corrected chi connectivity index (χ0v) is 17.6. The molecule has 0 aromatic carbocycles. The molecule has 0 atom stereocenters. The average Bonchev–Trinajstić information content (AvgIpc) is 3.20. The van der Waals surface area contributed by atoms with Gasteiger partial charge in [-0.3, -0.25) is 14.7 Å². The third-order valence-corrected chi connectivity index (χ3v) is 5.94. The summed E-state index contributed by atoms with van der Waals surface area (Å²) in [6.45, 7) is 3.00. The third-order valence-electron chi connectivity index (χ3n) is 5.21. The minimum absolute atomic E-state index is 0.163. The Hall–Kier alpha value is -2.97. The molecule has 0 radical (unpaired) electrons.